The number of benzene rings is 1. The Morgan fingerprint density at radius 1 is 1.29 bits per heavy atom. The van der Waals surface area contributed by atoms with Crippen LogP contribution >= 0.6 is 11.8 Å². The molecule has 0 saturated carbocycles. The smallest absolute Gasteiger partial charge is 0.232 e. The third-order valence-corrected chi connectivity index (χ3v) is 5.88. The Labute approximate surface area is 148 Å². The fourth-order valence-electron chi connectivity index (χ4n) is 3.16. The van der Waals surface area contributed by atoms with Gasteiger partial charge in [-0.2, -0.15) is 0 Å². The largest absolute Gasteiger partial charge is 0.342 e. The number of rotatable bonds is 4. The van der Waals surface area contributed by atoms with Gasteiger partial charge in [-0.05, 0) is 55.4 Å². The molecule has 2 heterocycles. The summed E-state index contributed by atoms with van der Waals surface area (Å²) in [6, 6.07) is 8.59. The van der Waals surface area contributed by atoms with Crippen molar-refractivity contribution in [3.63, 3.8) is 0 Å². The van der Waals surface area contributed by atoms with Gasteiger partial charge in [-0.1, -0.05) is 37.7 Å². The highest BCUT2D eigenvalue weighted by molar-refractivity contribution is 7.99. The number of hydrogen-bond acceptors (Lipinski definition) is 3. The van der Waals surface area contributed by atoms with E-state index in [0.29, 0.717) is 5.75 Å². The number of carbonyl (C=O) groups excluding carboxylic acids is 1. The van der Waals surface area contributed by atoms with Crippen LogP contribution in [0.1, 0.15) is 37.8 Å². The minimum atomic E-state index is 0.250. The van der Waals surface area contributed by atoms with Crippen LogP contribution in [0.3, 0.4) is 0 Å². The van der Waals surface area contributed by atoms with Gasteiger partial charge in [-0.25, -0.2) is 4.98 Å². The van der Waals surface area contributed by atoms with E-state index in [1.54, 1.807) is 11.8 Å². The van der Waals surface area contributed by atoms with Crippen LogP contribution in [-0.4, -0.2) is 34.6 Å². The summed E-state index contributed by atoms with van der Waals surface area (Å²) in [6.45, 7) is 8.32. The van der Waals surface area contributed by atoms with E-state index in [1.165, 1.54) is 16.5 Å². The maximum atomic E-state index is 12.5. The molecule has 4 heteroatoms. The van der Waals surface area contributed by atoms with E-state index in [4.69, 9.17) is 4.98 Å². The molecule has 24 heavy (non-hydrogen) atoms. The average molecular weight is 343 g/mol. The van der Waals surface area contributed by atoms with Crippen LogP contribution in [0.15, 0.2) is 29.3 Å². The minimum Gasteiger partial charge on any atom is -0.342 e. The van der Waals surface area contributed by atoms with Crippen molar-refractivity contribution in [1.82, 2.24) is 9.88 Å². The Hall–Kier alpha value is -1.55. The predicted molar refractivity (Wildman–Crippen MR) is 102 cm³/mol. The maximum absolute atomic E-state index is 12.5. The Balaban J connectivity index is 1.73. The third kappa shape index (κ3) is 3.92. The number of hydrogen-bond donors (Lipinski definition) is 0. The maximum Gasteiger partial charge on any atom is 0.232 e. The van der Waals surface area contributed by atoms with Crippen molar-refractivity contribution >= 4 is 28.6 Å². The summed E-state index contributed by atoms with van der Waals surface area (Å²) in [5, 5.41) is 2.19. The highest BCUT2D eigenvalue weighted by atomic mass is 32.2. The molecule has 0 spiro atoms. The Kier molecular flexibility index (Phi) is 5.44. The van der Waals surface area contributed by atoms with Gasteiger partial charge >= 0.3 is 0 Å². The van der Waals surface area contributed by atoms with Gasteiger partial charge in [0.2, 0.25) is 5.91 Å². The number of aryl methyl sites for hydroxylation is 2. The number of nitrogens with zero attached hydrogens (tertiary/aromatic N) is 2. The highest BCUT2D eigenvalue weighted by Gasteiger charge is 2.20. The van der Waals surface area contributed by atoms with Crippen molar-refractivity contribution in [1.29, 1.82) is 0 Å². The zero-order valence-corrected chi connectivity index (χ0v) is 15.7. The summed E-state index contributed by atoms with van der Waals surface area (Å²) in [7, 11) is 0. The number of carbonyl (C=O) groups is 1. The number of amides is 1. The Bertz CT molecular complexity index is 736. The SMILES string of the molecule is CCc1cc2ccc(C)cc2nc1SCC(=O)N1CCC(C)CC1. The number of aromatic nitrogens is 1. The molecule has 0 atom stereocenters. The van der Waals surface area contributed by atoms with Gasteiger partial charge in [0.15, 0.2) is 0 Å². The summed E-state index contributed by atoms with van der Waals surface area (Å²) >= 11 is 1.59. The molecule has 1 saturated heterocycles. The Morgan fingerprint density at radius 2 is 2.04 bits per heavy atom. The van der Waals surface area contributed by atoms with Crippen molar-refractivity contribution in [3.05, 3.63) is 35.4 Å². The second-order valence-corrected chi connectivity index (χ2v) is 7.82. The van der Waals surface area contributed by atoms with Gasteiger partial charge in [0, 0.05) is 18.5 Å². The van der Waals surface area contributed by atoms with Crippen molar-refractivity contribution in [2.45, 2.75) is 45.1 Å². The highest BCUT2D eigenvalue weighted by Crippen LogP contribution is 2.27. The monoisotopic (exact) mass is 342 g/mol. The van der Waals surface area contributed by atoms with Gasteiger partial charge in [0.25, 0.3) is 0 Å². The lowest BCUT2D eigenvalue weighted by Gasteiger charge is -2.30. The van der Waals surface area contributed by atoms with E-state index in [9.17, 15) is 4.79 Å². The summed E-state index contributed by atoms with van der Waals surface area (Å²) in [4.78, 5) is 19.3. The van der Waals surface area contributed by atoms with E-state index in [-0.39, 0.29) is 5.91 Å². The predicted octanol–water partition coefficient (Wildman–Crippen LogP) is 4.46. The van der Waals surface area contributed by atoms with Crippen molar-refractivity contribution in [2.24, 2.45) is 5.92 Å². The molecule has 3 nitrogen and oxygen atoms in total. The van der Waals surface area contributed by atoms with Crippen molar-refractivity contribution in [2.75, 3.05) is 18.8 Å². The second kappa shape index (κ2) is 7.56. The van der Waals surface area contributed by atoms with Crippen LogP contribution < -0.4 is 0 Å². The molecule has 1 fully saturated rings. The lowest BCUT2D eigenvalue weighted by atomic mass is 9.99. The quantitative estimate of drug-likeness (QED) is 0.769. The first kappa shape index (κ1) is 17.3. The molecule has 1 aliphatic heterocycles. The van der Waals surface area contributed by atoms with E-state index >= 15 is 0 Å². The third-order valence-electron chi connectivity index (χ3n) is 4.86. The molecule has 0 bridgehead atoms. The molecule has 128 valence electrons. The van der Waals surface area contributed by atoms with Gasteiger partial charge in [0.1, 0.15) is 5.03 Å². The molecule has 1 aliphatic rings. The van der Waals surface area contributed by atoms with Gasteiger partial charge in [-0.3, -0.25) is 4.79 Å². The molecule has 0 aliphatic carbocycles. The molecule has 0 radical (unpaired) electrons. The number of piperidine rings is 1. The van der Waals surface area contributed by atoms with E-state index in [1.807, 2.05) is 4.90 Å². The van der Waals surface area contributed by atoms with Crippen LogP contribution in [-0.2, 0) is 11.2 Å². The zero-order chi connectivity index (χ0) is 17.1. The van der Waals surface area contributed by atoms with Gasteiger partial charge < -0.3 is 4.90 Å². The zero-order valence-electron chi connectivity index (χ0n) is 14.8. The van der Waals surface area contributed by atoms with Crippen molar-refractivity contribution < 1.29 is 4.79 Å². The molecule has 1 amide bonds. The first-order chi connectivity index (χ1) is 11.6. The molecule has 0 N–H and O–H groups in total. The molecule has 0 unspecified atom stereocenters. The molecule has 1 aromatic carbocycles. The van der Waals surface area contributed by atoms with Gasteiger partial charge in [-0.15, -0.1) is 0 Å². The normalized spacial score (nSPS) is 15.9. The number of likely N-dealkylation sites (tertiary alicyclic amines) is 1. The van der Waals surface area contributed by atoms with Crippen LogP contribution in [0.4, 0.5) is 0 Å². The lowest BCUT2D eigenvalue weighted by Crippen LogP contribution is -2.38. The number of fused-ring (bicyclic) bond motifs is 1. The summed E-state index contributed by atoms with van der Waals surface area (Å²) < 4.78 is 0. The molecular weight excluding hydrogens is 316 g/mol. The standard InChI is InChI=1S/C20H26N2OS/c1-4-16-12-17-6-5-15(3)11-18(17)21-20(16)24-13-19(23)22-9-7-14(2)8-10-22/h5-6,11-12,14H,4,7-10,13H2,1-3H3. The van der Waals surface area contributed by atoms with Crippen LogP contribution in [0, 0.1) is 12.8 Å². The van der Waals surface area contributed by atoms with Crippen LogP contribution in [0.2, 0.25) is 0 Å². The summed E-state index contributed by atoms with van der Waals surface area (Å²) in [5.41, 5.74) is 3.47. The number of pyridine rings is 1. The van der Waals surface area contributed by atoms with E-state index < -0.39 is 0 Å². The molecule has 3 rings (SSSR count). The first-order valence-corrected chi connectivity index (χ1v) is 9.86. The first-order valence-electron chi connectivity index (χ1n) is 8.87. The van der Waals surface area contributed by atoms with E-state index in [0.717, 1.165) is 48.8 Å². The number of thioether (sulfide) groups is 1. The fraction of sp³-hybridized carbons (Fsp3) is 0.500. The molecule has 2 aromatic rings. The van der Waals surface area contributed by atoms with Crippen LogP contribution in [0.25, 0.3) is 10.9 Å². The van der Waals surface area contributed by atoms with Crippen LogP contribution in [0.5, 0.6) is 0 Å². The van der Waals surface area contributed by atoms with Gasteiger partial charge in [0.05, 0.1) is 11.3 Å². The topological polar surface area (TPSA) is 33.2 Å². The molecule has 1 aromatic heterocycles. The minimum absolute atomic E-state index is 0.250. The lowest BCUT2D eigenvalue weighted by molar-refractivity contribution is -0.129. The summed E-state index contributed by atoms with van der Waals surface area (Å²) in [6.07, 6.45) is 3.20. The second-order valence-electron chi connectivity index (χ2n) is 6.85. The average Bonchev–Trinajstić information content (AvgIpc) is 2.59. The van der Waals surface area contributed by atoms with E-state index in [2.05, 4.69) is 45.0 Å². The fourth-order valence-corrected chi connectivity index (χ4v) is 4.16. The molecular formula is C20H26N2OS. The van der Waals surface area contributed by atoms with Crippen molar-refractivity contribution in [3.8, 4) is 0 Å². The summed E-state index contributed by atoms with van der Waals surface area (Å²) in [5.74, 6) is 1.49. The Morgan fingerprint density at radius 3 is 2.75 bits per heavy atom.